The fourth-order valence-corrected chi connectivity index (χ4v) is 3.45. The Morgan fingerprint density at radius 2 is 1.68 bits per heavy atom. The molecule has 3 nitrogen and oxygen atoms in total. The molecule has 0 heterocycles. The number of aryl methyl sites for hydroxylation is 1. The third-order valence-electron chi connectivity index (χ3n) is 3.89. The fourth-order valence-electron chi connectivity index (χ4n) is 2.76. The van der Waals surface area contributed by atoms with E-state index in [4.69, 9.17) is 39.5 Å². The van der Waals surface area contributed by atoms with Gasteiger partial charge in [0.2, 0.25) is 0 Å². The van der Waals surface area contributed by atoms with Crippen molar-refractivity contribution in [1.82, 2.24) is 0 Å². The lowest BCUT2D eigenvalue weighted by molar-refractivity contribution is -0.906. The summed E-state index contributed by atoms with van der Waals surface area (Å²) in [5.41, 5.74) is 1.94. The maximum atomic E-state index is 10.4. The van der Waals surface area contributed by atoms with E-state index in [1.807, 2.05) is 45.3 Å². The monoisotopic (exact) mass is 402 g/mol. The molecule has 1 atom stereocenters. The minimum absolute atomic E-state index is 0.221. The Balaban J connectivity index is 1.92. The van der Waals surface area contributed by atoms with Crippen molar-refractivity contribution < 1.29 is 14.3 Å². The molecule has 0 amide bonds. The molecule has 0 fully saturated rings. The van der Waals surface area contributed by atoms with Crippen molar-refractivity contribution in [3.63, 3.8) is 0 Å². The third-order valence-corrected chi connectivity index (χ3v) is 4.71. The molecule has 0 saturated heterocycles. The fraction of sp³-hybridized carbons (Fsp3) is 0.368. The number of hydrogen-bond donors (Lipinski definition) is 1. The summed E-state index contributed by atoms with van der Waals surface area (Å²) in [6, 6.07) is 10.9. The minimum Gasteiger partial charge on any atom is -0.490 e. The molecular weight excluding hydrogens is 381 g/mol. The standard InChI is InChI=1S/C19H23Cl3NO2/c1-13-8-15(20)6-7-19(13)25-12-17(24)11-23(2,3)10-14-4-5-16(21)9-18(14)22/h4-9,17,24H,10-12H2,1-3H3/q+1. The molecule has 0 spiro atoms. The van der Waals surface area contributed by atoms with Crippen molar-refractivity contribution in [3.8, 4) is 5.75 Å². The van der Waals surface area contributed by atoms with Crippen molar-refractivity contribution in [1.29, 1.82) is 0 Å². The van der Waals surface area contributed by atoms with Crippen LogP contribution in [0.2, 0.25) is 15.1 Å². The molecule has 0 aromatic heterocycles. The molecule has 0 aliphatic heterocycles. The summed E-state index contributed by atoms with van der Waals surface area (Å²) in [5, 5.41) is 12.3. The van der Waals surface area contributed by atoms with E-state index in [1.165, 1.54) is 0 Å². The molecule has 2 rings (SSSR count). The van der Waals surface area contributed by atoms with Crippen LogP contribution in [0, 0.1) is 6.92 Å². The van der Waals surface area contributed by atoms with Crippen LogP contribution in [0.3, 0.4) is 0 Å². The van der Waals surface area contributed by atoms with Gasteiger partial charge in [-0.25, -0.2) is 0 Å². The number of aliphatic hydroxyl groups is 1. The van der Waals surface area contributed by atoms with Crippen molar-refractivity contribution >= 4 is 34.8 Å². The summed E-state index contributed by atoms with van der Waals surface area (Å²) < 4.78 is 6.30. The minimum atomic E-state index is -0.601. The Hall–Kier alpha value is -0.970. The molecule has 0 radical (unpaired) electrons. The number of quaternary nitrogens is 1. The van der Waals surface area contributed by atoms with Gasteiger partial charge >= 0.3 is 0 Å². The van der Waals surface area contributed by atoms with Gasteiger partial charge in [-0.3, -0.25) is 0 Å². The van der Waals surface area contributed by atoms with E-state index in [0.717, 1.165) is 16.9 Å². The van der Waals surface area contributed by atoms with Crippen LogP contribution in [-0.2, 0) is 6.54 Å². The highest BCUT2D eigenvalue weighted by Gasteiger charge is 2.23. The smallest absolute Gasteiger partial charge is 0.137 e. The van der Waals surface area contributed by atoms with E-state index in [-0.39, 0.29) is 6.61 Å². The molecule has 1 N–H and O–H groups in total. The molecule has 25 heavy (non-hydrogen) atoms. The Kier molecular flexibility index (Phi) is 7.01. The maximum absolute atomic E-state index is 10.4. The summed E-state index contributed by atoms with van der Waals surface area (Å²) in [5.74, 6) is 0.731. The number of ether oxygens (including phenoxy) is 1. The maximum Gasteiger partial charge on any atom is 0.137 e. The topological polar surface area (TPSA) is 29.5 Å². The first-order valence-corrected chi connectivity index (χ1v) is 9.12. The van der Waals surface area contributed by atoms with Gasteiger partial charge in [0.25, 0.3) is 0 Å². The lowest BCUT2D eigenvalue weighted by atomic mass is 10.2. The second-order valence-corrected chi connectivity index (χ2v) is 8.17. The molecule has 2 aromatic carbocycles. The zero-order valence-corrected chi connectivity index (χ0v) is 16.9. The Bertz CT molecular complexity index is 735. The van der Waals surface area contributed by atoms with Crippen molar-refractivity contribution in [2.24, 2.45) is 0 Å². The van der Waals surface area contributed by atoms with Crippen LogP contribution in [0.4, 0.5) is 0 Å². The summed E-state index contributed by atoms with van der Waals surface area (Å²) in [4.78, 5) is 0. The number of hydrogen-bond acceptors (Lipinski definition) is 2. The summed E-state index contributed by atoms with van der Waals surface area (Å²) >= 11 is 18.1. The molecule has 2 aromatic rings. The van der Waals surface area contributed by atoms with Crippen LogP contribution in [0.1, 0.15) is 11.1 Å². The molecular formula is C19H23Cl3NO2+. The van der Waals surface area contributed by atoms with Crippen LogP contribution in [-0.4, -0.2) is 42.9 Å². The largest absolute Gasteiger partial charge is 0.490 e. The van der Waals surface area contributed by atoms with Gasteiger partial charge < -0.3 is 14.3 Å². The zero-order valence-electron chi connectivity index (χ0n) is 14.6. The zero-order chi connectivity index (χ0) is 18.6. The average molecular weight is 404 g/mol. The first kappa shape index (κ1) is 20.3. The van der Waals surface area contributed by atoms with Gasteiger partial charge in [0.15, 0.2) is 0 Å². The molecule has 0 bridgehead atoms. The average Bonchev–Trinajstić information content (AvgIpc) is 2.48. The van der Waals surface area contributed by atoms with Crippen LogP contribution < -0.4 is 4.74 Å². The number of likely N-dealkylation sites (N-methyl/N-ethyl adjacent to an activating group) is 1. The van der Waals surface area contributed by atoms with Gasteiger partial charge in [-0.1, -0.05) is 40.9 Å². The van der Waals surface area contributed by atoms with E-state index in [1.54, 1.807) is 12.1 Å². The normalized spacial score (nSPS) is 12.9. The quantitative estimate of drug-likeness (QED) is 0.661. The number of benzene rings is 2. The van der Waals surface area contributed by atoms with Crippen molar-refractivity contribution in [2.75, 3.05) is 27.2 Å². The highest BCUT2D eigenvalue weighted by molar-refractivity contribution is 6.35. The van der Waals surface area contributed by atoms with Crippen LogP contribution in [0.15, 0.2) is 36.4 Å². The Labute approximate surface area is 164 Å². The van der Waals surface area contributed by atoms with Gasteiger partial charge in [0.05, 0.1) is 19.1 Å². The second-order valence-electron chi connectivity index (χ2n) is 6.89. The van der Waals surface area contributed by atoms with E-state index >= 15 is 0 Å². The molecule has 1 unspecified atom stereocenters. The summed E-state index contributed by atoms with van der Waals surface area (Å²) in [6.45, 7) is 3.37. The van der Waals surface area contributed by atoms with Gasteiger partial charge in [0, 0.05) is 15.6 Å². The second kappa shape index (κ2) is 8.61. The third kappa shape index (κ3) is 6.36. The molecule has 6 heteroatoms. The number of halogens is 3. The number of nitrogens with zero attached hydrogens (tertiary/aromatic N) is 1. The summed E-state index contributed by atoms with van der Waals surface area (Å²) in [7, 11) is 4.09. The SMILES string of the molecule is Cc1cc(Cl)ccc1OCC(O)C[N+](C)(C)Cc1ccc(Cl)cc1Cl. The van der Waals surface area contributed by atoms with Crippen molar-refractivity contribution in [3.05, 3.63) is 62.6 Å². The molecule has 0 saturated carbocycles. The van der Waals surface area contributed by atoms with Crippen LogP contribution in [0.25, 0.3) is 0 Å². The first-order chi connectivity index (χ1) is 11.7. The summed E-state index contributed by atoms with van der Waals surface area (Å²) in [6.07, 6.45) is -0.601. The van der Waals surface area contributed by atoms with Gasteiger partial charge in [-0.15, -0.1) is 0 Å². The number of rotatable bonds is 7. The van der Waals surface area contributed by atoms with Gasteiger partial charge in [-0.2, -0.15) is 0 Å². The molecule has 0 aliphatic carbocycles. The predicted molar refractivity (Wildman–Crippen MR) is 105 cm³/mol. The van der Waals surface area contributed by atoms with Gasteiger partial charge in [0.1, 0.15) is 31.5 Å². The van der Waals surface area contributed by atoms with Gasteiger partial charge in [-0.05, 0) is 42.8 Å². The first-order valence-electron chi connectivity index (χ1n) is 7.99. The predicted octanol–water partition coefficient (Wildman–Crippen LogP) is 4.97. The van der Waals surface area contributed by atoms with E-state index in [0.29, 0.717) is 32.6 Å². The van der Waals surface area contributed by atoms with E-state index in [9.17, 15) is 5.11 Å². The highest BCUT2D eigenvalue weighted by Crippen LogP contribution is 2.24. The number of aliphatic hydroxyl groups excluding tert-OH is 1. The molecule has 136 valence electrons. The molecule has 0 aliphatic rings. The van der Waals surface area contributed by atoms with E-state index in [2.05, 4.69) is 0 Å². The lowest BCUT2D eigenvalue weighted by Gasteiger charge is -2.32. The Morgan fingerprint density at radius 3 is 2.32 bits per heavy atom. The highest BCUT2D eigenvalue weighted by atomic mass is 35.5. The van der Waals surface area contributed by atoms with Crippen LogP contribution >= 0.6 is 34.8 Å². The lowest BCUT2D eigenvalue weighted by Crippen LogP contribution is -2.46. The van der Waals surface area contributed by atoms with Crippen molar-refractivity contribution in [2.45, 2.75) is 19.6 Å². The van der Waals surface area contributed by atoms with E-state index < -0.39 is 6.10 Å². The van der Waals surface area contributed by atoms with Crippen LogP contribution in [0.5, 0.6) is 5.75 Å². The Morgan fingerprint density at radius 1 is 1.04 bits per heavy atom.